The molecule has 3 aromatic rings. The number of carbonyl (C=O) groups excluding carboxylic acids is 2. The first kappa shape index (κ1) is 29.6. The van der Waals surface area contributed by atoms with Gasteiger partial charge in [-0.2, -0.15) is 0 Å². The summed E-state index contributed by atoms with van der Waals surface area (Å²) < 4.78 is 17.2. The Labute approximate surface area is 255 Å². The van der Waals surface area contributed by atoms with Crippen molar-refractivity contribution in [1.29, 1.82) is 0 Å². The lowest BCUT2D eigenvalue weighted by Gasteiger charge is -2.33. The summed E-state index contributed by atoms with van der Waals surface area (Å²) in [5, 5.41) is 6.61. The number of methoxy groups -OCH3 is 1. The molecule has 7 nitrogen and oxygen atoms in total. The van der Waals surface area contributed by atoms with E-state index in [2.05, 4.69) is 43.6 Å². The van der Waals surface area contributed by atoms with Crippen LogP contribution in [0.25, 0.3) is 16.7 Å². The third-order valence-electron chi connectivity index (χ3n) is 7.07. The van der Waals surface area contributed by atoms with E-state index in [-0.39, 0.29) is 23.4 Å². The number of allylic oxidation sites excluding steroid dienone is 3. The topological polar surface area (TPSA) is 85.9 Å². The third kappa shape index (κ3) is 6.61. The Bertz CT molecular complexity index is 1600. The van der Waals surface area contributed by atoms with E-state index < -0.39 is 6.09 Å². The van der Waals surface area contributed by atoms with E-state index in [1.807, 2.05) is 25.1 Å². The molecule has 2 N–H and O–H groups in total. The molecule has 0 saturated carbocycles. The second-order valence-corrected chi connectivity index (χ2v) is 12.7. The van der Waals surface area contributed by atoms with Crippen molar-refractivity contribution in [3.63, 3.8) is 0 Å². The van der Waals surface area contributed by atoms with E-state index in [0.717, 1.165) is 38.4 Å². The van der Waals surface area contributed by atoms with Crippen LogP contribution < -0.4 is 20.1 Å². The number of hydrogen-bond donors (Lipinski definition) is 2. The molecule has 0 saturated heterocycles. The number of thioether (sulfide) groups is 1. The molecule has 2 aliphatic rings. The summed E-state index contributed by atoms with van der Waals surface area (Å²) in [6, 6.07) is 16.0. The van der Waals surface area contributed by atoms with Crippen LogP contribution in [0.1, 0.15) is 45.2 Å². The van der Waals surface area contributed by atoms with Crippen LogP contribution in [-0.2, 0) is 16.1 Å². The molecular formula is C33H33ClN2O5S. The van der Waals surface area contributed by atoms with Crippen LogP contribution in [-0.4, -0.2) is 30.0 Å². The highest BCUT2D eigenvalue weighted by Crippen LogP contribution is 2.44. The van der Waals surface area contributed by atoms with Crippen molar-refractivity contribution in [2.75, 3.05) is 17.7 Å². The SMILES string of the molecule is COc1cc(OC(=O)Nc2ccc(Cl)cc2)ccc1-c1ccc2c(c1COC(=O)C1CC=C(C)S1)C(C)=CC(C)(C)N2. The molecule has 2 aliphatic heterocycles. The van der Waals surface area contributed by atoms with Crippen molar-refractivity contribution in [2.45, 2.75) is 51.5 Å². The van der Waals surface area contributed by atoms with Crippen molar-refractivity contribution < 1.29 is 23.8 Å². The Kier molecular flexibility index (Phi) is 8.57. The highest BCUT2D eigenvalue weighted by Gasteiger charge is 2.29. The summed E-state index contributed by atoms with van der Waals surface area (Å²) in [5.74, 6) is 0.592. The van der Waals surface area contributed by atoms with Crippen LogP contribution in [0, 0.1) is 0 Å². The predicted octanol–water partition coefficient (Wildman–Crippen LogP) is 8.69. The maximum Gasteiger partial charge on any atom is 0.417 e. The van der Waals surface area contributed by atoms with Gasteiger partial charge in [0.15, 0.2) is 0 Å². The van der Waals surface area contributed by atoms with Gasteiger partial charge in [0.25, 0.3) is 0 Å². The normalized spacial score (nSPS) is 16.9. The number of esters is 1. The van der Waals surface area contributed by atoms with E-state index >= 15 is 0 Å². The molecule has 0 aromatic heterocycles. The molecular weight excluding hydrogens is 572 g/mol. The smallest absolute Gasteiger partial charge is 0.417 e. The lowest BCUT2D eigenvalue weighted by atomic mass is 9.85. The first-order valence-corrected chi connectivity index (χ1v) is 14.9. The van der Waals surface area contributed by atoms with E-state index in [9.17, 15) is 9.59 Å². The Morgan fingerprint density at radius 1 is 1.07 bits per heavy atom. The summed E-state index contributed by atoms with van der Waals surface area (Å²) in [4.78, 5) is 26.7. The van der Waals surface area contributed by atoms with Crippen molar-refractivity contribution >= 4 is 52.4 Å². The van der Waals surface area contributed by atoms with Gasteiger partial charge in [-0.05, 0) is 92.6 Å². The fourth-order valence-corrected chi connectivity index (χ4v) is 6.44. The largest absolute Gasteiger partial charge is 0.496 e. The zero-order chi connectivity index (χ0) is 30.0. The van der Waals surface area contributed by atoms with Gasteiger partial charge in [-0.1, -0.05) is 29.8 Å². The molecule has 5 rings (SSSR count). The summed E-state index contributed by atoms with van der Waals surface area (Å²) >= 11 is 7.47. The van der Waals surface area contributed by atoms with Gasteiger partial charge >= 0.3 is 12.1 Å². The minimum Gasteiger partial charge on any atom is -0.496 e. The first-order chi connectivity index (χ1) is 20.0. The van der Waals surface area contributed by atoms with Gasteiger partial charge in [-0.15, -0.1) is 11.8 Å². The molecule has 0 fully saturated rings. The van der Waals surface area contributed by atoms with Crippen LogP contribution in [0.5, 0.6) is 11.5 Å². The standard InChI is InChI=1S/C33H33ClN2O5S/c1-19-17-33(3,4)36-27-14-13-24(26(30(19)27)18-40-31(37)29-15-6-20(2)42-29)25-12-11-23(16-28(25)39-5)41-32(38)35-22-9-7-21(34)8-10-22/h6-14,16-17,29,36H,15,18H2,1-5H3,(H,35,38). The van der Waals surface area contributed by atoms with Gasteiger partial charge in [0.1, 0.15) is 23.4 Å². The minimum atomic E-state index is -0.641. The third-order valence-corrected chi connectivity index (χ3v) is 8.53. The number of amides is 1. The number of halogens is 1. The molecule has 0 spiro atoms. The Morgan fingerprint density at radius 3 is 2.50 bits per heavy atom. The van der Waals surface area contributed by atoms with Crippen LogP contribution >= 0.6 is 23.4 Å². The Morgan fingerprint density at radius 2 is 1.81 bits per heavy atom. The molecule has 1 unspecified atom stereocenters. The van der Waals surface area contributed by atoms with E-state index in [1.54, 1.807) is 55.3 Å². The molecule has 0 radical (unpaired) electrons. The average molecular weight is 605 g/mol. The maximum atomic E-state index is 13.0. The van der Waals surface area contributed by atoms with E-state index in [1.165, 1.54) is 0 Å². The Balaban J connectivity index is 1.45. The fourth-order valence-electron chi connectivity index (χ4n) is 5.32. The summed E-state index contributed by atoms with van der Waals surface area (Å²) in [6.07, 6.45) is 4.27. The van der Waals surface area contributed by atoms with Crippen LogP contribution in [0.15, 0.2) is 71.7 Å². The van der Waals surface area contributed by atoms with Crippen LogP contribution in [0.3, 0.4) is 0 Å². The number of benzene rings is 3. The number of nitrogens with one attached hydrogen (secondary N) is 2. The quantitative estimate of drug-likeness (QED) is 0.261. The zero-order valence-corrected chi connectivity index (χ0v) is 25.7. The van der Waals surface area contributed by atoms with Crippen molar-refractivity contribution in [3.8, 4) is 22.6 Å². The number of fused-ring (bicyclic) bond motifs is 1. The van der Waals surface area contributed by atoms with Crippen molar-refractivity contribution in [1.82, 2.24) is 0 Å². The monoisotopic (exact) mass is 604 g/mol. The van der Waals surface area contributed by atoms with Crippen molar-refractivity contribution in [3.05, 3.63) is 87.8 Å². The van der Waals surface area contributed by atoms with E-state index in [0.29, 0.717) is 28.6 Å². The second-order valence-electron chi connectivity index (χ2n) is 10.8. The number of hydrogen-bond acceptors (Lipinski definition) is 7. The lowest BCUT2D eigenvalue weighted by Crippen LogP contribution is -2.32. The predicted molar refractivity (Wildman–Crippen MR) is 170 cm³/mol. The Hall–Kier alpha value is -3.88. The van der Waals surface area contributed by atoms with Gasteiger partial charge in [0.05, 0.1) is 12.6 Å². The lowest BCUT2D eigenvalue weighted by molar-refractivity contribution is -0.144. The molecule has 0 aliphatic carbocycles. The van der Waals surface area contributed by atoms with Gasteiger partial charge < -0.3 is 19.5 Å². The number of ether oxygens (including phenoxy) is 3. The van der Waals surface area contributed by atoms with Crippen LogP contribution in [0.4, 0.5) is 16.2 Å². The van der Waals surface area contributed by atoms with Gasteiger partial charge in [0.2, 0.25) is 0 Å². The van der Waals surface area contributed by atoms with Crippen LogP contribution in [0.2, 0.25) is 5.02 Å². The molecule has 218 valence electrons. The zero-order valence-electron chi connectivity index (χ0n) is 24.2. The average Bonchev–Trinajstić information content (AvgIpc) is 3.38. The summed E-state index contributed by atoms with van der Waals surface area (Å²) in [5.41, 5.74) is 5.91. The minimum absolute atomic E-state index is 0.103. The summed E-state index contributed by atoms with van der Waals surface area (Å²) in [6.45, 7) is 8.41. The molecule has 0 bridgehead atoms. The maximum absolute atomic E-state index is 13.0. The van der Waals surface area contributed by atoms with Gasteiger partial charge in [-0.3, -0.25) is 10.1 Å². The molecule has 3 aromatic carbocycles. The molecule has 1 atom stereocenters. The van der Waals surface area contributed by atoms with Gasteiger partial charge in [-0.25, -0.2) is 4.79 Å². The first-order valence-electron chi connectivity index (χ1n) is 13.6. The molecule has 9 heteroatoms. The molecule has 2 heterocycles. The highest BCUT2D eigenvalue weighted by atomic mass is 35.5. The number of carbonyl (C=O) groups is 2. The molecule has 1 amide bonds. The summed E-state index contributed by atoms with van der Waals surface area (Å²) in [7, 11) is 1.57. The number of rotatable bonds is 7. The van der Waals surface area contributed by atoms with E-state index in [4.69, 9.17) is 25.8 Å². The van der Waals surface area contributed by atoms with Gasteiger partial charge in [0, 0.05) is 39.2 Å². The van der Waals surface area contributed by atoms with Crippen molar-refractivity contribution in [2.24, 2.45) is 0 Å². The highest BCUT2D eigenvalue weighted by molar-refractivity contribution is 8.04. The number of anilines is 2. The second kappa shape index (κ2) is 12.2. The fraction of sp³-hybridized carbons (Fsp3) is 0.273. The molecule has 42 heavy (non-hydrogen) atoms.